The minimum atomic E-state index is -1.01. The molecule has 1 aliphatic rings. The Kier molecular flexibility index (Phi) is 5.88. The van der Waals surface area contributed by atoms with E-state index in [1.54, 1.807) is 36.7 Å². The monoisotopic (exact) mass is 407 g/mol. The van der Waals surface area contributed by atoms with Gasteiger partial charge in [-0.15, -0.1) is 0 Å². The van der Waals surface area contributed by atoms with E-state index >= 15 is 0 Å². The van der Waals surface area contributed by atoms with Crippen molar-refractivity contribution in [3.63, 3.8) is 0 Å². The molecule has 2 amide bonds. The summed E-state index contributed by atoms with van der Waals surface area (Å²) in [6, 6.07) is 11.2. The molecule has 0 bridgehead atoms. The zero-order chi connectivity index (χ0) is 20.9. The van der Waals surface area contributed by atoms with Crippen LogP contribution in [0, 0.1) is 5.82 Å². The van der Waals surface area contributed by atoms with E-state index in [1.165, 1.54) is 35.4 Å². The molecule has 4 rings (SSSR count). The number of pyridine rings is 1. The van der Waals surface area contributed by atoms with Crippen molar-refractivity contribution in [2.45, 2.75) is 37.8 Å². The molecule has 0 unspecified atom stereocenters. The molecule has 1 atom stereocenters. The Morgan fingerprint density at radius 2 is 1.87 bits per heavy atom. The molecule has 6 nitrogen and oxygen atoms in total. The topological polar surface area (TPSA) is 75.4 Å². The number of carbonyl (C=O) groups excluding carboxylic acids is 2. The van der Waals surface area contributed by atoms with Gasteiger partial charge in [-0.05, 0) is 60.9 Å². The standard InChI is InChI=1S/C23H22FN3O3/c24-17-5-3-8-19(15-17)27(23(29)20-9-4-14-30-20)21(16-10-12-25-13-11-16)22(28)26-18-6-1-2-7-18/h3-5,8-15,18,21H,1-2,6-7H2,(H,26,28)/t21-/m0/s1. The van der Waals surface area contributed by atoms with E-state index in [2.05, 4.69) is 10.3 Å². The summed E-state index contributed by atoms with van der Waals surface area (Å²) < 4.78 is 19.4. The maximum atomic E-state index is 14.1. The number of benzene rings is 1. The third-order valence-corrected chi connectivity index (χ3v) is 5.27. The number of halogens is 1. The number of hydrogen-bond acceptors (Lipinski definition) is 4. The summed E-state index contributed by atoms with van der Waals surface area (Å²) in [7, 11) is 0. The summed E-state index contributed by atoms with van der Waals surface area (Å²) in [5.41, 5.74) is 0.837. The SMILES string of the molecule is O=C(NC1CCCC1)[C@H](c1ccncc1)N(C(=O)c1ccco1)c1cccc(F)c1. The van der Waals surface area contributed by atoms with E-state index in [0.29, 0.717) is 5.56 Å². The van der Waals surface area contributed by atoms with Crippen LogP contribution in [-0.2, 0) is 4.79 Å². The van der Waals surface area contributed by atoms with Gasteiger partial charge in [0, 0.05) is 24.1 Å². The van der Waals surface area contributed by atoms with Gasteiger partial charge in [0.25, 0.3) is 5.91 Å². The minimum absolute atomic E-state index is 0.0620. The third-order valence-electron chi connectivity index (χ3n) is 5.27. The Hall–Kier alpha value is -3.48. The van der Waals surface area contributed by atoms with Gasteiger partial charge in [-0.2, -0.15) is 0 Å². The fourth-order valence-electron chi connectivity index (χ4n) is 3.84. The van der Waals surface area contributed by atoms with Crippen molar-refractivity contribution in [3.8, 4) is 0 Å². The van der Waals surface area contributed by atoms with Gasteiger partial charge in [-0.1, -0.05) is 18.9 Å². The Bertz CT molecular complexity index is 1000. The Morgan fingerprint density at radius 3 is 2.53 bits per heavy atom. The van der Waals surface area contributed by atoms with Crippen molar-refractivity contribution >= 4 is 17.5 Å². The lowest BCUT2D eigenvalue weighted by atomic mass is 10.0. The molecule has 3 aromatic rings. The van der Waals surface area contributed by atoms with Gasteiger partial charge in [-0.3, -0.25) is 19.5 Å². The second kappa shape index (κ2) is 8.90. The Balaban J connectivity index is 1.79. The number of amides is 2. The molecule has 1 aromatic carbocycles. The average Bonchev–Trinajstić information content (AvgIpc) is 3.46. The Morgan fingerprint density at radius 1 is 1.10 bits per heavy atom. The van der Waals surface area contributed by atoms with Crippen molar-refractivity contribution in [1.82, 2.24) is 10.3 Å². The number of nitrogens with zero attached hydrogens (tertiary/aromatic N) is 2. The maximum Gasteiger partial charge on any atom is 0.294 e. The summed E-state index contributed by atoms with van der Waals surface area (Å²) >= 11 is 0. The first-order valence-corrected chi connectivity index (χ1v) is 9.96. The van der Waals surface area contributed by atoms with E-state index in [-0.39, 0.29) is 23.4 Å². The minimum Gasteiger partial charge on any atom is -0.459 e. The smallest absolute Gasteiger partial charge is 0.294 e. The average molecular weight is 407 g/mol. The molecule has 0 aliphatic heterocycles. The molecule has 1 aliphatic carbocycles. The summed E-state index contributed by atoms with van der Waals surface area (Å²) in [4.78, 5) is 32.1. The predicted molar refractivity (Wildman–Crippen MR) is 109 cm³/mol. The van der Waals surface area contributed by atoms with Crippen LogP contribution in [0.1, 0.15) is 47.8 Å². The van der Waals surface area contributed by atoms with Crippen LogP contribution in [0.4, 0.5) is 10.1 Å². The van der Waals surface area contributed by atoms with E-state index in [1.807, 2.05) is 0 Å². The molecule has 0 spiro atoms. The molecule has 1 fully saturated rings. The van der Waals surface area contributed by atoms with Crippen molar-refractivity contribution in [1.29, 1.82) is 0 Å². The zero-order valence-corrected chi connectivity index (χ0v) is 16.3. The molecule has 154 valence electrons. The second-order valence-corrected chi connectivity index (χ2v) is 7.31. The molecular weight excluding hydrogens is 385 g/mol. The lowest BCUT2D eigenvalue weighted by Crippen LogP contribution is -2.46. The van der Waals surface area contributed by atoms with E-state index < -0.39 is 17.8 Å². The van der Waals surface area contributed by atoms with Gasteiger partial charge >= 0.3 is 0 Å². The first kappa shape index (κ1) is 19.8. The Labute approximate surface area is 173 Å². The highest BCUT2D eigenvalue weighted by molar-refractivity contribution is 6.08. The number of hydrogen-bond donors (Lipinski definition) is 1. The summed E-state index contributed by atoms with van der Waals surface area (Å²) in [5.74, 6) is -1.30. The highest BCUT2D eigenvalue weighted by atomic mass is 19.1. The number of nitrogens with one attached hydrogen (secondary N) is 1. The van der Waals surface area contributed by atoms with Crippen molar-refractivity contribution in [3.05, 3.63) is 84.3 Å². The number of anilines is 1. The third kappa shape index (κ3) is 4.25. The molecule has 0 saturated heterocycles. The fraction of sp³-hybridized carbons (Fsp3) is 0.261. The van der Waals surface area contributed by atoms with E-state index in [9.17, 15) is 14.0 Å². The molecule has 30 heavy (non-hydrogen) atoms. The zero-order valence-electron chi connectivity index (χ0n) is 16.3. The molecule has 1 saturated carbocycles. The van der Waals surface area contributed by atoms with E-state index in [0.717, 1.165) is 25.7 Å². The van der Waals surface area contributed by atoms with Crippen LogP contribution < -0.4 is 10.2 Å². The van der Waals surface area contributed by atoms with Crippen molar-refractivity contribution < 1.29 is 18.4 Å². The van der Waals surface area contributed by atoms with Crippen LogP contribution in [0.5, 0.6) is 0 Å². The summed E-state index contributed by atoms with van der Waals surface area (Å²) in [6.45, 7) is 0. The van der Waals surface area contributed by atoms with Gasteiger partial charge in [-0.25, -0.2) is 4.39 Å². The number of rotatable bonds is 6. The van der Waals surface area contributed by atoms with Crippen molar-refractivity contribution in [2.24, 2.45) is 0 Å². The van der Waals surface area contributed by atoms with Crippen molar-refractivity contribution in [2.75, 3.05) is 4.90 Å². The molecule has 1 N–H and O–H groups in total. The number of carbonyl (C=O) groups is 2. The van der Waals surface area contributed by atoms with Crippen LogP contribution in [0.2, 0.25) is 0 Å². The van der Waals surface area contributed by atoms with Gasteiger partial charge < -0.3 is 9.73 Å². The molecular formula is C23H22FN3O3. The van der Waals surface area contributed by atoms with E-state index in [4.69, 9.17) is 4.42 Å². The summed E-state index contributed by atoms with van der Waals surface area (Å²) in [6.07, 6.45) is 8.44. The van der Waals surface area contributed by atoms with Crippen LogP contribution in [0.15, 0.2) is 71.6 Å². The lowest BCUT2D eigenvalue weighted by molar-refractivity contribution is -0.123. The fourth-order valence-corrected chi connectivity index (χ4v) is 3.84. The number of furan rings is 1. The molecule has 0 radical (unpaired) electrons. The van der Waals surface area contributed by atoms with Gasteiger partial charge in [0.05, 0.1) is 6.26 Å². The summed E-state index contributed by atoms with van der Waals surface area (Å²) in [5, 5.41) is 3.06. The van der Waals surface area contributed by atoms with Crippen LogP contribution >= 0.6 is 0 Å². The first-order chi connectivity index (χ1) is 14.6. The molecule has 2 heterocycles. The van der Waals surface area contributed by atoms with Gasteiger partial charge in [0.2, 0.25) is 5.91 Å². The largest absolute Gasteiger partial charge is 0.459 e. The van der Waals surface area contributed by atoms with Crippen LogP contribution in [0.25, 0.3) is 0 Å². The maximum absolute atomic E-state index is 14.1. The lowest BCUT2D eigenvalue weighted by Gasteiger charge is -2.31. The second-order valence-electron chi connectivity index (χ2n) is 7.31. The molecule has 2 aromatic heterocycles. The quantitative estimate of drug-likeness (QED) is 0.662. The van der Waals surface area contributed by atoms with Crippen LogP contribution in [-0.4, -0.2) is 22.8 Å². The van der Waals surface area contributed by atoms with Crippen LogP contribution in [0.3, 0.4) is 0 Å². The highest BCUT2D eigenvalue weighted by Gasteiger charge is 2.35. The normalized spacial score (nSPS) is 15.0. The number of aromatic nitrogens is 1. The highest BCUT2D eigenvalue weighted by Crippen LogP contribution is 2.31. The predicted octanol–water partition coefficient (Wildman–Crippen LogP) is 4.26. The molecule has 7 heteroatoms. The first-order valence-electron chi connectivity index (χ1n) is 9.96. The van der Waals surface area contributed by atoms with Gasteiger partial charge in [0.1, 0.15) is 11.9 Å². The van der Waals surface area contributed by atoms with Gasteiger partial charge in [0.15, 0.2) is 5.76 Å².